The molecule has 0 aliphatic carbocycles. The van der Waals surface area contributed by atoms with Crippen LogP contribution in [-0.2, 0) is 0 Å². The monoisotopic (exact) mass is 339 g/mol. The van der Waals surface area contributed by atoms with Gasteiger partial charge in [-0.3, -0.25) is 4.90 Å². The summed E-state index contributed by atoms with van der Waals surface area (Å²) in [6.45, 7) is 6.49. The SMILES string of the molecule is CCN1CCC(N(C)C(CN)c2ccccc2Br)CC1. The predicted molar refractivity (Wildman–Crippen MR) is 88.8 cm³/mol. The van der Waals surface area contributed by atoms with E-state index in [9.17, 15) is 0 Å². The van der Waals surface area contributed by atoms with Gasteiger partial charge in [-0.05, 0) is 51.2 Å². The number of piperidine rings is 1. The second-order valence-electron chi connectivity index (χ2n) is 5.60. The van der Waals surface area contributed by atoms with Gasteiger partial charge < -0.3 is 10.6 Å². The third kappa shape index (κ3) is 3.61. The van der Waals surface area contributed by atoms with Crippen molar-refractivity contribution in [1.29, 1.82) is 0 Å². The van der Waals surface area contributed by atoms with E-state index in [1.165, 1.54) is 38.0 Å². The predicted octanol–water partition coefficient (Wildman–Crippen LogP) is 2.87. The third-order valence-corrected chi connectivity index (χ3v) is 5.28. The van der Waals surface area contributed by atoms with Gasteiger partial charge in [-0.2, -0.15) is 0 Å². The van der Waals surface area contributed by atoms with Crippen LogP contribution in [0.25, 0.3) is 0 Å². The lowest BCUT2D eigenvalue weighted by Gasteiger charge is -2.40. The van der Waals surface area contributed by atoms with Crippen LogP contribution in [0, 0.1) is 0 Å². The molecule has 0 spiro atoms. The first-order valence-corrected chi connectivity index (χ1v) is 8.35. The topological polar surface area (TPSA) is 32.5 Å². The summed E-state index contributed by atoms with van der Waals surface area (Å²) in [4.78, 5) is 5.01. The second-order valence-corrected chi connectivity index (χ2v) is 6.46. The molecule has 20 heavy (non-hydrogen) atoms. The first kappa shape index (κ1) is 16.0. The summed E-state index contributed by atoms with van der Waals surface area (Å²) in [7, 11) is 2.23. The van der Waals surface area contributed by atoms with Crippen molar-refractivity contribution < 1.29 is 0 Å². The van der Waals surface area contributed by atoms with Gasteiger partial charge in [-0.25, -0.2) is 0 Å². The number of rotatable bonds is 5. The van der Waals surface area contributed by atoms with E-state index < -0.39 is 0 Å². The second kappa shape index (κ2) is 7.55. The molecule has 0 radical (unpaired) electrons. The van der Waals surface area contributed by atoms with E-state index in [1.807, 2.05) is 0 Å². The third-order valence-electron chi connectivity index (χ3n) is 4.56. The van der Waals surface area contributed by atoms with Crippen molar-refractivity contribution in [1.82, 2.24) is 9.80 Å². The van der Waals surface area contributed by atoms with Crippen LogP contribution in [0.3, 0.4) is 0 Å². The minimum Gasteiger partial charge on any atom is -0.329 e. The molecule has 0 saturated carbocycles. The maximum absolute atomic E-state index is 6.06. The number of likely N-dealkylation sites (N-methyl/N-ethyl adjacent to an activating group) is 1. The number of hydrogen-bond acceptors (Lipinski definition) is 3. The molecule has 1 aromatic carbocycles. The smallest absolute Gasteiger partial charge is 0.0481 e. The van der Waals surface area contributed by atoms with E-state index in [0.29, 0.717) is 18.6 Å². The lowest BCUT2D eigenvalue weighted by molar-refractivity contribution is 0.101. The highest BCUT2D eigenvalue weighted by Crippen LogP contribution is 2.29. The first-order chi connectivity index (χ1) is 9.67. The zero-order valence-corrected chi connectivity index (χ0v) is 14.1. The van der Waals surface area contributed by atoms with Crippen LogP contribution >= 0.6 is 15.9 Å². The quantitative estimate of drug-likeness (QED) is 0.895. The van der Waals surface area contributed by atoms with Crippen LogP contribution in [-0.4, -0.2) is 49.1 Å². The van der Waals surface area contributed by atoms with Crippen molar-refractivity contribution in [3.8, 4) is 0 Å². The first-order valence-electron chi connectivity index (χ1n) is 7.56. The highest BCUT2D eigenvalue weighted by Gasteiger charge is 2.27. The van der Waals surface area contributed by atoms with E-state index in [1.54, 1.807) is 0 Å². The van der Waals surface area contributed by atoms with Crippen molar-refractivity contribution >= 4 is 15.9 Å². The average molecular weight is 340 g/mol. The Hall–Kier alpha value is -0.420. The van der Waals surface area contributed by atoms with E-state index in [-0.39, 0.29) is 0 Å². The Morgan fingerprint density at radius 3 is 2.55 bits per heavy atom. The molecule has 0 bridgehead atoms. The zero-order chi connectivity index (χ0) is 14.5. The summed E-state index contributed by atoms with van der Waals surface area (Å²) in [5, 5.41) is 0. The number of nitrogens with two attached hydrogens (primary N) is 1. The average Bonchev–Trinajstić information content (AvgIpc) is 2.50. The van der Waals surface area contributed by atoms with E-state index in [4.69, 9.17) is 5.73 Å². The molecule has 1 heterocycles. The van der Waals surface area contributed by atoms with Crippen molar-refractivity contribution in [3.63, 3.8) is 0 Å². The van der Waals surface area contributed by atoms with Gasteiger partial charge in [0.05, 0.1) is 0 Å². The van der Waals surface area contributed by atoms with E-state index >= 15 is 0 Å². The molecular formula is C16H26BrN3. The highest BCUT2D eigenvalue weighted by molar-refractivity contribution is 9.10. The Bertz CT molecular complexity index is 416. The molecule has 1 fully saturated rings. The van der Waals surface area contributed by atoms with Gasteiger partial charge in [0.1, 0.15) is 0 Å². The van der Waals surface area contributed by atoms with Crippen LogP contribution in [0.15, 0.2) is 28.7 Å². The molecule has 2 rings (SSSR count). The number of nitrogens with zero attached hydrogens (tertiary/aromatic N) is 2. The zero-order valence-electron chi connectivity index (χ0n) is 12.6. The van der Waals surface area contributed by atoms with Crippen molar-refractivity contribution in [3.05, 3.63) is 34.3 Å². The molecule has 4 heteroatoms. The number of likely N-dealkylation sites (tertiary alicyclic amines) is 1. The molecular weight excluding hydrogens is 314 g/mol. The molecule has 112 valence electrons. The summed E-state index contributed by atoms with van der Waals surface area (Å²) in [6.07, 6.45) is 2.48. The van der Waals surface area contributed by atoms with Crippen LogP contribution in [0.2, 0.25) is 0 Å². The number of hydrogen-bond donors (Lipinski definition) is 1. The summed E-state index contributed by atoms with van der Waals surface area (Å²) < 4.78 is 1.16. The molecule has 0 aromatic heterocycles. The van der Waals surface area contributed by atoms with Gasteiger partial charge in [-0.15, -0.1) is 0 Å². The fraction of sp³-hybridized carbons (Fsp3) is 0.625. The molecule has 1 aliphatic rings. The number of halogens is 1. The van der Waals surface area contributed by atoms with E-state index in [0.717, 1.165) is 4.47 Å². The van der Waals surface area contributed by atoms with Gasteiger partial charge in [-0.1, -0.05) is 41.1 Å². The van der Waals surface area contributed by atoms with Crippen LogP contribution < -0.4 is 5.73 Å². The maximum Gasteiger partial charge on any atom is 0.0481 e. The fourth-order valence-corrected chi connectivity index (χ4v) is 3.70. The summed E-state index contributed by atoms with van der Waals surface area (Å²) in [5.74, 6) is 0. The van der Waals surface area contributed by atoms with Crippen LogP contribution in [0.1, 0.15) is 31.4 Å². The Kier molecular flexibility index (Phi) is 6.02. The van der Waals surface area contributed by atoms with Crippen molar-refractivity contribution in [2.24, 2.45) is 5.73 Å². The summed E-state index contributed by atoms with van der Waals surface area (Å²) in [6, 6.07) is 9.37. The van der Waals surface area contributed by atoms with Gasteiger partial charge in [0.25, 0.3) is 0 Å². The van der Waals surface area contributed by atoms with Gasteiger partial charge in [0, 0.05) is 23.1 Å². The van der Waals surface area contributed by atoms with Crippen molar-refractivity contribution in [2.75, 3.05) is 33.2 Å². The molecule has 1 aliphatic heterocycles. The Labute approximate surface area is 131 Å². The maximum atomic E-state index is 6.06. The standard InChI is InChI=1S/C16H26BrN3/c1-3-20-10-8-13(9-11-20)19(2)16(12-18)14-6-4-5-7-15(14)17/h4-7,13,16H,3,8-12,18H2,1-2H3. The lowest BCUT2D eigenvalue weighted by atomic mass is 9.98. The largest absolute Gasteiger partial charge is 0.329 e. The minimum atomic E-state index is 0.295. The minimum absolute atomic E-state index is 0.295. The molecule has 1 aromatic rings. The summed E-state index contributed by atoms with van der Waals surface area (Å²) >= 11 is 3.66. The molecule has 1 saturated heterocycles. The Morgan fingerprint density at radius 1 is 1.35 bits per heavy atom. The summed E-state index contributed by atoms with van der Waals surface area (Å²) in [5.41, 5.74) is 7.36. The van der Waals surface area contributed by atoms with Crippen molar-refractivity contribution in [2.45, 2.75) is 31.8 Å². The molecule has 0 amide bonds. The van der Waals surface area contributed by atoms with E-state index in [2.05, 4.69) is 64.0 Å². The lowest BCUT2D eigenvalue weighted by Crippen LogP contribution is -2.46. The van der Waals surface area contributed by atoms with Gasteiger partial charge >= 0.3 is 0 Å². The molecule has 3 nitrogen and oxygen atoms in total. The Morgan fingerprint density at radius 2 is 2.00 bits per heavy atom. The van der Waals surface area contributed by atoms with Crippen LogP contribution in [0.5, 0.6) is 0 Å². The fourth-order valence-electron chi connectivity index (χ4n) is 3.16. The van der Waals surface area contributed by atoms with Crippen LogP contribution in [0.4, 0.5) is 0 Å². The number of benzene rings is 1. The van der Waals surface area contributed by atoms with Gasteiger partial charge in [0.2, 0.25) is 0 Å². The molecule has 1 atom stereocenters. The van der Waals surface area contributed by atoms with Gasteiger partial charge in [0.15, 0.2) is 0 Å². The highest BCUT2D eigenvalue weighted by atomic mass is 79.9. The Balaban J connectivity index is 2.06. The normalized spacial score (nSPS) is 19.4. The molecule has 1 unspecified atom stereocenters. The molecule has 2 N–H and O–H groups in total.